The Morgan fingerprint density at radius 3 is 2.44 bits per heavy atom. The second kappa shape index (κ2) is 10.2. The van der Waals surface area contributed by atoms with Crippen molar-refractivity contribution in [2.24, 2.45) is 5.92 Å². The molecule has 2 N–H and O–H groups in total. The van der Waals surface area contributed by atoms with Crippen molar-refractivity contribution in [3.63, 3.8) is 0 Å². The van der Waals surface area contributed by atoms with Crippen LogP contribution in [0.5, 0.6) is 5.75 Å². The first-order valence-corrected chi connectivity index (χ1v) is 9.52. The van der Waals surface area contributed by atoms with Gasteiger partial charge in [-0.3, -0.25) is 0 Å². The highest BCUT2D eigenvalue weighted by Crippen LogP contribution is 2.22. The van der Waals surface area contributed by atoms with Gasteiger partial charge in [-0.05, 0) is 61.0 Å². The van der Waals surface area contributed by atoms with Crippen molar-refractivity contribution in [1.82, 2.24) is 15.5 Å². The Morgan fingerprint density at radius 1 is 1.19 bits per heavy atom. The maximum atomic E-state index is 13.2. The van der Waals surface area contributed by atoms with Crippen LogP contribution >= 0.6 is 0 Å². The molecule has 11 heteroatoms. The molecule has 0 bridgehead atoms. The highest BCUT2D eigenvalue weighted by atomic mass is 19.4. The molecule has 0 amide bonds. The van der Waals surface area contributed by atoms with E-state index in [1.165, 1.54) is 12.1 Å². The topological polar surface area (TPSA) is 97.5 Å². The van der Waals surface area contributed by atoms with E-state index < -0.39 is 12.1 Å². The predicted molar refractivity (Wildman–Crippen MR) is 104 cm³/mol. The first-order valence-electron chi connectivity index (χ1n) is 9.52. The number of benzene rings is 2. The lowest BCUT2D eigenvalue weighted by Crippen LogP contribution is -2.43. The van der Waals surface area contributed by atoms with Crippen molar-refractivity contribution in [3.8, 4) is 17.1 Å². The molecule has 3 aromatic rings. The largest absolute Gasteiger partial charge is 0.490 e. The third-order valence-corrected chi connectivity index (χ3v) is 4.45. The number of carboxylic acid groups (broad SMARTS) is 1. The van der Waals surface area contributed by atoms with Gasteiger partial charge in [-0.2, -0.15) is 18.2 Å². The molecule has 32 heavy (non-hydrogen) atoms. The molecule has 0 unspecified atom stereocenters. The van der Waals surface area contributed by atoms with Crippen LogP contribution in [-0.2, 0) is 17.8 Å². The monoisotopic (exact) mass is 453 g/mol. The molecule has 2 aromatic carbocycles. The minimum absolute atomic E-state index is 0.262. The number of ether oxygens (including phenoxy) is 1. The maximum absolute atomic E-state index is 13.2. The van der Waals surface area contributed by atoms with E-state index in [4.69, 9.17) is 19.2 Å². The number of hydrogen-bond donors (Lipinski definition) is 2. The Labute approximate surface area is 180 Å². The number of alkyl halides is 3. The Kier molecular flexibility index (Phi) is 7.41. The van der Waals surface area contributed by atoms with E-state index in [1.807, 2.05) is 30.3 Å². The summed E-state index contributed by atoms with van der Waals surface area (Å²) in [4.78, 5) is 13.3. The number of carboxylic acids is 1. The average molecular weight is 453 g/mol. The molecular weight excluding hydrogens is 434 g/mol. The molecule has 170 valence electrons. The van der Waals surface area contributed by atoms with Gasteiger partial charge in [0.15, 0.2) is 0 Å². The van der Waals surface area contributed by atoms with Crippen LogP contribution in [0.25, 0.3) is 11.4 Å². The quantitative estimate of drug-likeness (QED) is 0.547. The van der Waals surface area contributed by atoms with E-state index in [0.29, 0.717) is 30.0 Å². The van der Waals surface area contributed by atoms with Crippen LogP contribution in [0, 0.1) is 11.7 Å². The lowest BCUT2D eigenvalue weighted by atomic mass is 10.00. The summed E-state index contributed by atoms with van der Waals surface area (Å²) >= 11 is 0. The molecule has 0 radical (unpaired) electrons. The molecule has 1 saturated heterocycles. The number of carbonyl (C=O) groups is 1. The van der Waals surface area contributed by atoms with Crippen molar-refractivity contribution >= 4 is 5.97 Å². The second-order valence-electron chi connectivity index (χ2n) is 6.99. The highest BCUT2D eigenvalue weighted by Gasteiger charge is 2.38. The Bertz CT molecular complexity index is 1030. The fourth-order valence-corrected chi connectivity index (χ4v) is 2.69. The van der Waals surface area contributed by atoms with Gasteiger partial charge in [-0.15, -0.1) is 0 Å². The summed E-state index contributed by atoms with van der Waals surface area (Å²) in [6.07, 6.45) is -4.27. The van der Waals surface area contributed by atoms with Crippen LogP contribution in [0.1, 0.15) is 11.5 Å². The van der Waals surface area contributed by atoms with Gasteiger partial charge in [-0.1, -0.05) is 17.3 Å². The first-order chi connectivity index (χ1) is 15.2. The van der Waals surface area contributed by atoms with Crippen molar-refractivity contribution < 1.29 is 36.7 Å². The standard InChI is InChI=1S/C19H18FN3O2.C2HF3O2/c20-16-3-1-2-13(8-16)12-24-17-6-4-15(5-7-17)19-22-18(25-23-19)9-14-10-21-11-14;3-2(4,5)1(6)7/h1-8,14,21H,9-12H2;(H,6,7). The average Bonchev–Trinajstić information content (AvgIpc) is 3.18. The van der Waals surface area contributed by atoms with Gasteiger partial charge < -0.3 is 19.7 Å². The van der Waals surface area contributed by atoms with Crippen LogP contribution in [0.15, 0.2) is 53.1 Å². The van der Waals surface area contributed by atoms with Gasteiger partial charge in [-0.25, -0.2) is 9.18 Å². The molecule has 2 heterocycles. The molecule has 0 atom stereocenters. The molecule has 1 aromatic heterocycles. The van der Waals surface area contributed by atoms with Crippen LogP contribution in [0.3, 0.4) is 0 Å². The summed E-state index contributed by atoms with van der Waals surface area (Å²) in [5, 5.41) is 14.4. The summed E-state index contributed by atoms with van der Waals surface area (Å²) in [7, 11) is 0. The zero-order valence-corrected chi connectivity index (χ0v) is 16.6. The molecule has 4 rings (SSSR count). The highest BCUT2D eigenvalue weighted by molar-refractivity contribution is 5.73. The minimum Gasteiger partial charge on any atom is -0.489 e. The summed E-state index contributed by atoms with van der Waals surface area (Å²) in [5.41, 5.74) is 1.66. The number of nitrogens with one attached hydrogen (secondary N) is 1. The van der Waals surface area contributed by atoms with E-state index in [0.717, 1.165) is 30.6 Å². The van der Waals surface area contributed by atoms with Gasteiger partial charge in [0.1, 0.15) is 18.2 Å². The second-order valence-corrected chi connectivity index (χ2v) is 6.99. The predicted octanol–water partition coefficient (Wildman–Crippen LogP) is 3.85. The maximum Gasteiger partial charge on any atom is 0.490 e. The van der Waals surface area contributed by atoms with Crippen molar-refractivity contribution in [2.45, 2.75) is 19.2 Å². The zero-order chi connectivity index (χ0) is 23.1. The molecule has 7 nitrogen and oxygen atoms in total. The number of rotatable bonds is 6. The van der Waals surface area contributed by atoms with E-state index >= 15 is 0 Å². The van der Waals surface area contributed by atoms with Crippen LogP contribution in [-0.4, -0.2) is 40.5 Å². The Hall–Kier alpha value is -3.47. The van der Waals surface area contributed by atoms with Gasteiger partial charge in [0.05, 0.1) is 0 Å². The molecule has 1 aliphatic heterocycles. The normalized spacial score (nSPS) is 13.6. The lowest BCUT2D eigenvalue weighted by Gasteiger charge is -2.25. The van der Waals surface area contributed by atoms with Crippen molar-refractivity contribution in [1.29, 1.82) is 0 Å². The van der Waals surface area contributed by atoms with E-state index in [1.54, 1.807) is 6.07 Å². The summed E-state index contributed by atoms with van der Waals surface area (Å²) in [6, 6.07) is 13.9. The van der Waals surface area contributed by atoms with E-state index in [2.05, 4.69) is 15.5 Å². The first kappa shape index (κ1) is 23.2. The summed E-state index contributed by atoms with van der Waals surface area (Å²) < 4.78 is 55.9. The number of halogens is 4. The summed E-state index contributed by atoms with van der Waals surface area (Å²) in [6.45, 7) is 2.34. The molecule has 0 aliphatic carbocycles. The molecule has 1 aliphatic rings. The number of nitrogens with zero attached hydrogens (tertiary/aromatic N) is 2. The van der Waals surface area contributed by atoms with E-state index in [-0.39, 0.29) is 5.82 Å². The Balaban J connectivity index is 0.000000360. The fourth-order valence-electron chi connectivity index (χ4n) is 2.69. The van der Waals surface area contributed by atoms with Crippen LogP contribution in [0.2, 0.25) is 0 Å². The van der Waals surface area contributed by atoms with E-state index in [9.17, 15) is 17.6 Å². The molecule has 0 saturated carbocycles. The van der Waals surface area contributed by atoms with Crippen molar-refractivity contribution in [2.75, 3.05) is 13.1 Å². The number of aliphatic carboxylic acids is 1. The summed E-state index contributed by atoms with van der Waals surface area (Å²) in [5.74, 6) is -0.467. The van der Waals surface area contributed by atoms with Gasteiger partial charge in [0.25, 0.3) is 0 Å². The molecular formula is C21H19F4N3O4. The SMILES string of the molecule is Fc1cccc(COc2ccc(-c3noc(CC4CNC4)n3)cc2)c1.O=C(O)C(F)(F)F. The van der Waals surface area contributed by atoms with Gasteiger partial charge in [0, 0.05) is 12.0 Å². The molecule has 0 spiro atoms. The van der Waals surface area contributed by atoms with Crippen molar-refractivity contribution in [3.05, 3.63) is 65.8 Å². The smallest absolute Gasteiger partial charge is 0.489 e. The zero-order valence-electron chi connectivity index (χ0n) is 16.6. The van der Waals surface area contributed by atoms with Crippen LogP contribution in [0.4, 0.5) is 17.6 Å². The van der Waals surface area contributed by atoms with Gasteiger partial charge >= 0.3 is 12.1 Å². The third-order valence-electron chi connectivity index (χ3n) is 4.45. The minimum atomic E-state index is -5.08. The third kappa shape index (κ3) is 6.77. The molecule has 1 fully saturated rings. The lowest BCUT2D eigenvalue weighted by molar-refractivity contribution is -0.192. The Morgan fingerprint density at radius 2 is 1.88 bits per heavy atom. The number of hydrogen-bond acceptors (Lipinski definition) is 6. The van der Waals surface area contributed by atoms with Crippen LogP contribution < -0.4 is 10.1 Å². The fraction of sp³-hybridized carbons (Fsp3) is 0.286. The number of aromatic nitrogens is 2. The van der Waals surface area contributed by atoms with Gasteiger partial charge in [0.2, 0.25) is 11.7 Å².